The number of nitrogens with zero attached hydrogens (tertiary/aromatic N) is 2. The van der Waals surface area contributed by atoms with Crippen LogP contribution in [-0.2, 0) is 11.3 Å². The maximum absolute atomic E-state index is 5.60. The largest absolute Gasteiger partial charge is 0.467 e. The Morgan fingerprint density at radius 3 is 2.77 bits per heavy atom. The normalized spacial score (nSPS) is 17.5. The third kappa shape index (κ3) is 7.38. The summed E-state index contributed by atoms with van der Waals surface area (Å²) >= 11 is 0. The van der Waals surface area contributed by atoms with Gasteiger partial charge in [0, 0.05) is 32.8 Å². The Morgan fingerprint density at radius 2 is 2.12 bits per heavy atom. The zero-order valence-electron chi connectivity index (χ0n) is 16.7. The molecule has 0 saturated heterocycles. The van der Waals surface area contributed by atoms with Gasteiger partial charge >= 0.3 is 0 Å². The Morgan fingerprint density at radius 1 is 1.31 bits per heavy atom. The Labute approximate surface area is 158 Å². The molecular weight excluding hydrogens is 328 g/mol. The molecule has 2 N–H and O–H groups in total. The van der Waals surface area contributed by atoms with E-state index >= 15 is 0 Å². The minimum atomic E-state index is 0.534. The third-order valence-electron chi connectivity index (χ3n) is 5.14. The van der Waals surface area contributed by atoms with Crippen LogP contribution in [-0.4, -0.2) is 57.7 Å². The standard InChI is InChI=1S/C20H36N4O2/c1-21-20(22-12-8-13-25-16-18-11-7-14-26-18)23-15-19(24(2)3)17-9-5-4-6-10-17/h7,11,14,17,19H,4-6,8-10,12-13,15-16H2,1-3H3,(H2,21,22,23). The fourth-order valence-electron chi connectivity index (χ4n) is 3.66. The van der Waals surface area contributed by atoms with E-state index in [1.54, 1.807) is 6.26 Å². The van der Waals surface area contributed by atoms with Crippen LogP contribution in [0, 0.1) is 5.92 Å². The number of nitrogens with one attached hydrogen (secondary N) is 2. The van der Waals surface area contributed by atoms with E-state index in [1.165, 1.54) is 32.1 Å². The molecular formula is C20H36N4O2. The summed E-state index contributed by atoms with van der Waals surface area (Å²) in [6.07, 6.45) is 9.45. The molecule has 26 heavy (non-hydrogen) atoms. The average molecular weight is 365 g/mol. The molecule has 148 valence electrons. The van der Waals surface area contributed by atoms with Crippen LogP contribution in [0.15, 0.2) is 27.8 Å². The van der Waals surface area contributed by atoms with Crippen LogP contribution in [0.5, 0.6) is 0 Å². The summed E-state index contributed by atoms with van der Waals surface area (Å²) in [6, 6.07) is 4.37. The zero-order chi connectivity index (χ0) is 18.6. The highest BCUT2D eigenvalue weighted by atomic mass is 16.5. The smallest absolute Gasteiger partial charge is 0.191 e. The van der Waals surface area contributed by atoms with E-state index in [4.69, 9.17) is 9.15 Å². The lowest BCUT2D eigenvalue weighted by Crippen LogP contribution is -2.48. The molecule has 1 fully saturated rings. The van der Waals surface area contributed by atoms with E-state index in [-0.39, 0.29) is 0 Å². The SMILES string of the molecule is CN=C(NCCCOCc1ccco1)NCC(C1CCCCC1)N(C)C. The minimum Gasteiger partial charge on any atom is -0.467 e. The highest BCUT2D eigenvalue weighted by Crippen LogP contribution is 2.27. The summed E-state index contributed by atoms with van der Waals surface area (Å²) < 4.78 is 10.8. The molecule has 6 nitrogen and oxygen atoms in total. The molecule has 0 aliphatic heterocycles. The number of rotatable bonds is 10. The predicted molar refractivity (Wildman–Crippen MR) is 106 cm³/mol. The second kappa shape index (κ2) is 12.0. The second-order valence-electron chi connectivity index (χ2n) is 7.29. The maximum atomic E-state index is 5.60. The molecule has 0 aromatic carbocycles. The van der Waals surface area contributed by atoms with Gasteiger partial charge in [0.1, 0.15) is 12.4 Å². The van der Waals surface area contributed by atoms with Gasteiger partial charge in [0.2, 0.25) is 0 Å². The van der Waals surface area contributed by atoms with Gasteiger partial charge in [0.15, 0.2) is 5.96 Å². The molecule has 1 saturated carbocycles. The molecule has 1 aromatic heterocycles. The van der Waals surface area contributed by atoms with Gasteiger partial charge in [-0.2, -0.15) is 0 Å². The van der Waals surface area contributed by atoms with Crippen LogP contribution < -0.4 is 10.6 Å². The summed E-state index contributed by atoms with van der Waals surface area (Å²) in [5.41, 5.74) is 0. The zero-order valence-corrected chi connectivity index (χ0v) is 16.7. The van der Waals surface area contributed by atoms with Gasteiger partial charge in [0.05, 0.1) is 6.26 Å². The molecule has 1 aromatic rings. The van der Waals surface area contributed by atoms with E-state index < -0.39 is 0 Å². The van der Waals surface area contributed by atoms with Crippen molar-refractivity contribution in [1.82, 2.24) is 15.5 Å². The third-order valence-corrected chi connectivity index (χ3v) is 5.14. The summed E-state index contributed by atoms with van der Waals surface area (Å²) in [5, 5.41) is 6.88. The van der Waals surface area contributed by atoms with Crippen molar-refractivity contribution in [2.24, 2.45) is 10.9 Å². The van der Waals surface area contributed by atoms with Gasteiger partial charge in [-0.05, 0) is 51.4 Å². The fourth-order valence-corrected chi connectivity index (χ4v) is 3.66. The van der Waals surface area contributed by atoms with Crippen molar-refractivity contribution in [3.05, 3.63) is 24.2 Å². The van der Waals surface area contributed by atoms with Crippen molar-refractivity contribution in [1.29, 1.82) is 0 Å². The number of ether oxygens (including phenoxy) is 1. The van der Waals surface area contributed by atoms with Gasteiger partial charge in [-0.15, -0.1) is 0 Å². The highest BCUT2D eigenvalue weighted by Gasteiger charge is 2.25. The minimum absolute atomic E-state index is 0.534. The Hall–Kier alpha value is -1.53. The molecule has 0 radical (unpaired) electrons. The number of guanidine groups is 1. The van der Waals surface area contributed by atoms with Crippen LogP contribution >= 0.6 is 0 Å². The predicted octanol–water partition coefficient (Wildman–Crippen LogP) is 2.86. The summed E-state index contributed by atoms with van der Waals surface area (Å²) in [4.78, 5) is 6.70. The first-order chi connectivity index (χ1) is 12.7. The first kappa shape index (κ1) is 20.8. The van der Waals surface area contributed by atoms with E-state index in [0.29, 0.717) is 19.3 Å². The quantitative estimate of drug-likeness (QED) is 0.380. The van der Waals surface area contributed by atoms with Crippen molar-refractivity contribution in [2.45, 2.75) is 51.2 Å². The Kier molecular flexibility index (Phi) is 9.56. The number of hydrogen-bond donors (Lipinski definition) is 2. The van der Waals surface area contributed by atoms with E-state index in [1.807, 2.05) is 19.2 Å². The van der Waals surface area contributed by atoms with Crippen molar-refractivity contribution < 1.29 is 9.15 Å². The average Bonchev–Trinajstić information content (AvgIpc) is 3.17. The molecule has 1 atom stereocenters. The number of likely N-dealkylation sites (N-methyl/N-ethyl adjacent to an activating group) is 1. The van der Waals surface area contributed by atoms with Crippen LogP contribution in [0.1, 0.15) is 44.3 Å². The van der Waals surface area contributed by atoms with Crippen LogP contribution in [0.3, 0.4) is 0 Å². The van der Waals surface area contributed by atoms with Crippen molar-refractivity contribution in [3.63, 3.8) is 0 Å². The molecule has 1 unspecified atom stereocenters. The van der Waals surface area contributed by atoms with E-state index in [9.17, 15) is 0 Å². The topological polar surface area (TPSA) is 62.0 Å². The van der Waals surface area contributed by atoms with Crippen LogP contribution in [0.4, 0.5) is 0 Å². The fraction of sp³-hybridized carbons (Fsp3) is 0.750. The molecule has 2 rings (SSSR count). The second-order valence-corrected chi connectivity index (χ2v) is 7.29. The Balaban J connectivity index is 1.61. The molecule has 1 heterocycles. The molecule has 0 amide bonds. The molecule has 6 heteroatoms. The van der Waals surface area contributed by atoms with Gasteiger partial charge in [0.25, 0.3) is 0 Å². The molecule has 1 aliphatic carbocycles. The maximum Gasteiger partial charge on any atom is 0.191 e. The van der Waals surface area contributed by atoms with Crippen LogP contribution in [0.25, 0.3) is 0 Å². The van der Waals surface area contributed by atoms with E-state index in [2.05, 4.69) is 34.6 Å². The Bertz CT molecular complexity index is 496. The van der Waals surface area contributed by atoms with Crippen molar-refractivity contribution in [3.8, 4) is 0 Å². The lowest BCUT2D eigenvalue weighted by atomic mass is 9.83. The van der Waals surface area contributed by atoms with Gasteiger partial charge < -0.3 is 24.7 Å². The van der Waals surface area contributed by atoms with Crippen LogP contribution in [0.2, 0.25) is 0 Å². The monoisotopic (exact) mass is 364 g/mol. The lowest BCUT2D eigenvalue weighted by molar-refractivity contribution is 0.105. The number of hydrogen-bond acceptors (Lipinski definition) is 4. The summed E-state index contributed by atoms with van der Waals surface area (Å²) in [6.45, 7) is 3.01. The molecule has 0 spiro atoms. The van der Waals surface area contributed by atoms with Gasteiger partial charge in [-0.3, -0.25) is 4.99 Å². The molecule has 0 bridgehead atoms. The first-order valence-corrected chi connectivity index (χ1v) is 9.91. The summed E-state index contributed by atoms with van der Waals surface area (Å²) in [5.74, 6) is 2.53. The highest BCUT2D eigenvalue weighted by molar-refractivity contribution is 5.79. The van der Waals surface area contributed by atoms with Gasteiger partial charge in [-0.1, -0.05) is 19.3 Å². The number of furan rings is 1. The van der Waals surface area contributed by atoms with E-state index in [0.717, 1.165) is 37.1 Å². The number of aliphatic imine (C=N–C) groups is 1. The van der Waals surface area contributed by atoms with Crippen molar-refractivity contribution >= 4 is 5.96 Å². The lowest BCUT2D eigenvalue weighted by Gasteiger charge is -2.35. The first-order valence-electron chi connectivity index (χ1n) is 9.91. The summed E-state index contributed by atoms with van der Waals surface area (Å²) in [7, 11) is 6.20. The molecule has 1 aliphatic rings. The van der Waals surface area contributed by atoms with Gasteiger partial charge in [-0.25, -0.2) is 0 Å². The van der Waals surface area contributed by atoms with Crippen molar-refractivity contribution in [2.75, 3.05) is 40.8 Å².